The standard InChI is InChI=1S/C17H23N5O2/c1-3-4-9-21(2)17(23)16-19-15(20-24-16)13-7-8-18-14(12-13)22-10-5-6-11-22/h7-8,12H,3-6,9-11H2,1-2H3. The summed E-state index contributed by atoms with van der Waals surface area (Å²) in [6.45, 7) is 4.81. The molecule has 0 spiro atoms. The number of anilines is 1. The van der Waals surface area contributed by atoms with Gasteiger partial charge < -0.3 is 14.3 Å². The Bertz CT molecular complexity index is 694. The molecule has 0 radical (unpaired) electrons. The second kappa shape index (κ2) is 7.42. The number of amides is 1. The maximum Gasteiger partial charge on any atom is 0.316 e. The lowest BCUT2D eigenvalue weighted by Gasteiger charge is -2.16. The third-order valence-corrected chi connectivity index (χ3v) is 4.24. The number of rotatable bonds is 6. The van der Waals surface area contributed by atoms with Crippen LogP contribution in [0.5, 0.6) is 0 Å². The minimum absolute atomic E-state index is 0.0307. The zero-order valence-electron chi connectivity index (χ0n) is 14.2. The van der Waals surface area contributed by atoms with E-state index in [1.165, 1.54) is 12.8 Å². The molecule has 1 aliphatic rings. The Morgan fingerprint density at radius 3 is 2.92 bits per heavy atom. The summed E-state index contributed by atoms with van der Waals surface area (Å²) in [5.41, 5.74) is 0.811. The van der Waals surface area contributed by atoms with E-state index in [4.69, 9.17) is 4.52 Å². The van der Waals surface area contributed by atoms with Crippen LogP contribution >= 0.6 is 0 Å². The van der Waals surface area contributed by atoms with Gasteiger partial charge in [0.15, 0.2) is 0 Å². The third-order valence-electron chi connectivity index (χ3n) is 4.24. The molecule has 0 unspecified atom stereocenters. The summed E-state index contributed by atoms with van der Waals surface area (Å²) in [7, 11) is 1.75. The van der Waals surface area contributed by atoms with E-state index >= 15 is 0 Å². The van der Waals surface area contributed by atoms with Gasteiger partial charge in [0.25, 0.3) is 0 Å². The van der Waals surface area contributed by atoms with Crippen LogP contribution in [0.15, 0.2) is 22.9 Å². The van der Waals surface area contributed by atoms with E-state index < -0.39 is 0 Å². The highest BCUT2D eigenvalue weighted by molar-refractivity contribution is 5.89. The smallest absolute Gasteiger partial charge is 0.316 e. The summed E-state index contributed by atoms with van der Waals surface area (Å²) in [6, 6.07) is 3.78. The molecule has 0 N–H and O–H groups in total. The van der Waals surface area contributed by atoms with Gasteiger partial charge in [-0.3, -0.25) is 4.79 Å². The van der Waals surface area contributed by atoms with Gasteiger partial charge in [-0.1, -0.05) is 18.5 Å². The molecule has 24 heavy (non-hydrogen) atoms. The van der Waals surface area contributed by atoms with E-state index in [2.05, 4.69) is 26.9 Å². The van der Waals surface area contributed by atoms with Crippen LogP contribution in [0.25, 0.3) is 11.4 Å². The summed E-state index contributed by atoms with van der Waals surface area (Å²) < 4.78 is 5.16. The van der Waals surface area contributed by atoms with Crippen LogP contribution in [0.2, 0.25) is 0 Å². The van der Waals surface area contributed by atoms with Gasteiger partial charge >= 0.3 is 11.8 Å². The lowest BCUT2D eigenvalue weighted by molar-refractivity contribution is 0.0744. The van der Waals surface area contributed by atoms with E-state index in [1.807, 2.05) is 12.1 Å². The molecule has 1 fully saturated rings. The summed E-state index contributed by atoms with van der Waals surface area (Å²) in [6.07, 6.45) is 6.11. The number of carbonyl (C=O) groups is 1. The van der Waals surface area contributed by atoms with Gasteiger partial charge in [-0.15, -0.1) is 0 Å². The van der Waals surface area contributed by atoms with Gasteiger partial charge in [-0.05, 0) is 31.4 Å². The Morgan fingerprint density at radius 2 is 2.17 bits per heavy atom. The molecule has 1 amide bonds. The van der Waals surface area contributed by atoms with E-state index in [0.29, 0.717) is 12.4 Å². The molecule has 0 aliphatic carbocycles. The average Bonchev–Trinajstić information content (AvgIpc) is 3.30. The Hall–Kier alpha value is -2.44. The fourth-order valence-corrected chi connectivity index (χ4v) is 2.76. The van der Waals surface area contributed by atoms with Crippen molar-refractivity contribution in [3.63, 3.8) is 0 Å². The van der Waals surface area contributed by atoms with Crippen molar-refractivity contribution in [3.8, 4) is 11.4 Å². The summed E-state index contributed by atoms with van der Waals surface area (Å²) in [4.78, 5) is 24.8. The number of unbranched alkanes of at least 4 members (excludes halogenated alkanes) is 1. The molecular weight excluding hydrogens is 306 g/mol. The molecule has 0 saturated carbocycles. The first kappa shape index (κ1) is 16.4. The molecule has 3 heterocycles. The first-order valence-electron chi connectivity index (χ1n) is 8.49. The van der Waals surface area contributed by atoms with E-state index in [0.717, 1.165) is 37.3 Å². The molecule has 0 atom stereocenters. The fourth-order valence-electron chi connectivity index (χ4n) is 2.76. The molecule has 2 aromatic heterocycles. The van der Waals surface area contributed by atoms with Crippen LogP contribution in [0.1, 0.15) is 43.3 Å². The van der Waals surface area contributed by atoms with Gasteiger partial charge in [0.2, 0.25) is 5.82 Å². The number of pyridine rings is 1. The molecule has 2 aromatic rings. The molecule has 3 rings (SSSR count). The molecule has 7 nitrogen and oxygen atoms in total. The third kappa shape index (κ3) is 3.55. The predicted octanol–water partition coefficient (Wildman–Crippen LogP) is 2.60. The van der Waals surface area contributed by atoms with Crippen molar-refractivity contribution in [2.75, 3.05) is 31.6 Å². The highest BCUT2D eigenvalue weighted by Crippen LogP contribution is 2.23. The molecule has 1 aliphatic heterocycles. The topological polar surface area (TPSA) is 75.4 Å². The fraction of sp³-hybridized carbons (Fsp3) is 0.529. The Kier molecular flexibility index (Phi) is 5.08. The van der Waals surface area contributed by atoms with Crippen LogP contribution < -0.4 is 4.90 Å². The maximum atomic E-state index is 12.3. The van der Waals surface area contributed by atoms with Crippen molar-refractivity contribution in [3.05, 3.63) is 24.2 Å². The number of nitrogens with zero attached hydrogens (tertiary/aromatic N) is 5. The molecule has 7 heteroatoms. The quantitative estimate of drug-likeness (QED) is 0.811. The van der Waals surface area contributed by atoms with Crippen molar-refractivity contribution >= 4 is 11.7 Å². The van der Waals surface area contributed by atoms with Gasteiger partial charge in [0.05, 0.1) is 0 Å². The summed E-state index contributed by atoms with van der Waals surface area (Å²) >= 11 is 0. The van der Waals surface area contributed by atoms with E-state index in [9.17, 15) is 4.79 Å². The summed E-state index contributed by atoms with van der Waals surface area (Å²) in [5, 5.41) is 3.96. The van der Waals surface area contributed by atoms with Crippen molar-refractivity contribution in [1.82, 2.24) is 20.0 Å². The Morgan fingerprint density at radius 1 is 1.38 bits per heavy atom. The van der Waals surface area contributed by atoms with Gasteiger partial charge in [0.1, 0.15) is 5.82 Å². The monoisotopic (exact) mass is 329 g/mol. The van der Waals surface area contributed by atoms with Gasteiger partial charge in [-0.25, -0.2) is 4.98 Å². The second-order valence-corrected chi connectivity index (χ2v) is 6.10. The Labute approximate surface area is 141 Å². The maximum absolute atomic E-state index is 12.3. The van der Waals surface area contributed by atoms with E-state index in [1.54, 1.807) is 18.1 Å². The molecule has 0 bridgehead atoms. The van der Waals surface area contributed by atoms with Crippen molar-refractivity contribution in [2.24, 2.45) is 0 Å². The van der Waals surface area contributed by atoms with Crippen LogP contribution in [0.3, 0.4) is 0 Å². The first-order valence-corrected chi connectivity index (χ1v) is 8.49. The predicted molar refractivity (Wildman–Crippen MR) is 90.8 cm³/mol. The molecular formula is C17H23N5O2. The number of hydrogen-bond donors (Lipinski definition) is 0. The van der Waals surface area contributed by atoms with Crippen molar-refractivity contribution in [2.45, 2.75) is 32.6 Å². The zero-order valence-corrected chi connectivity index (χ0v) is 14.2. The van der Waals surface area contributed by atoms with Crippen LogP contribution in [0, 0.1) is 0 Å². The second-order valence-electron chi connectivity index (χ2n) is 6.10. The highest BCUT2D eigenvalue weighted by Gasteiger charge is 2.20. The van der Waals surface area contributed by atoms with Crippen molar-refractivity contribution < 1.29 is 9.32 Å². The largest absolute Gasteiger partial charge is 0.357 e. The average molecular weight is 329 g/mol. The zero-order chi connectivity index (χ0) is 16.9. The summed E-state index contributed by atoms with van der Waals surface area (Å²) in [5.74, 6) is 1.13. The van der Waals surface area contributed by atoms with Crippen LogP contribution in [-0.4, -0.2) is 52.6 Å². The number of aromatic nitrogens is 3. The SMILES string of the molecule is CCCCN(C)C(=O)c1nc(-c2ccnc(N3CCCC3)c2)no1. The normalized spacial score (nSPS) is 14.2. The van der Waals surface area contributed by atoms with Crippen LogP contribution in [-0.2, 0) is 0 Å². The Balaban J connectivity index is 1.75. The van der Waals surface area contributed by atoms with Gasteiger partial charge in [-0.2, -0.15) is 4.98 Å². The van der Waals surface area contributed by atoms with Crippen molar-refractivity contribution in [1.29, 1.82) is 0 Å². The number of hydrogen-bond acceptors (Lipinski definition) is 6. The minimum atomic E-state index is -0.240. The minimum Gasteiger partial charge on any atom is -0.357 e. The molecule has 1 saturated heterocycles. The first-order chi connectivity index (χ1) is 11.7. The lowest BCUT2D eigenvalue weighted by Crippen LogP contribution is -2.27. The van der Waals surface area contributed by atoms with Gasteiger partial charge in [0, 0.05) is 38.4 Å². The molecule has 0 aromatic carbocycles. The lowest BCUT2D eigenvalue weighted by atomic mass is 10.2. The van der Waals surface area contributed by atoms with Crippen LogP contribution in [0.4, 0.5) is 5.82 Å². The van der Waals surface area contributed by atoms with E-state index in [-0.39, 0.29) is 11.8 Å². The number of carbonyl (C=O) groups excluding carboxylic acids is 1. The highest BCUT2D eigenvalue weighted by atomic mass is 16.5. The molecule has 128 valence electrons.